The molecular weight excluding hydrogens is 260 g/mol. The summed E-state index contributed by atoms with van der Waals surface area (Å²) in [6.45, 7) is 0.0832. The Bertz CT molecular complexity index is 683. The lowest BCUT2D eigenvalue weighted by Crippen LogP contribution is -1.93. The Kier molecular flexibility index (Phi) is 3.04. The molecule has 0 spiro atoms. The van der Waals surface area contributed by atoms with Crippen LogP contribution in [0.4, 0.5) is 5.69 Å². The van der Waals surface area contributed by atoms with E-state index >= 15 is 0 Å². The fraction of sp³-hybridized carbons (Fsp3) is 0.0714. The minimum atomic E-state index is -0.444. The number of pyridine rings is 1. The lowest BCUT2D eigenvalue weighted by molar-refractivity contribution is -0.385. The highest BCUT2D eigenvalue weighted by atomic mass is 16.7. The highest BCUT2D eigenvalue weighted by molar-refractivity contribution is 5.75. The van der Waals surface area contributed by atoms with Crippen LogP contribution in [-0.2, 0) is 0 Å². The Balaban J connectivity index is 2.00. The van der Waals surface area contributed by atoms with Gasteiger partial charge in [0.2, 0.25) is 6.79 Å². The molecule has 1 aromatic carbocycles. The first-order chi connectivity index (χ1) is 9.74. The van der Waals surface area contributed by atoms with Gasteiger partial charge in [-0.2, -0.15) is 0 Å². The number of rotatable bonds is 3. The molecular formula is C14H10N2O4. The first kappa shape index (κ1) is 12.2. The third-order valence-electron chi connectivity index (χ3n) is 2.84. The van der Waals surface area contributed by atoms with Crippen molar-refractivity contribution < 1.29 is 14.4 Å². The first-order valence-corrected chi connectivity index (χ1v) is 5.91. The summed E-state index contributed by atoms with van der Waals surface area (Å²) >= 11 is 0. The third kappa shape index (κ3) is 2.31. The van der Waals surface area contributed by atoms with E-state index < -0.39 is 4.92 Å². The summed E-state index contributed by atoms with van der Waals surface area (Å²) in [7, 11) is 0. The van der Waals surface area contributed by atoms with E-state index in [0.717, 1.165) is 5.69 Å². The van der Waals surface area contributed by atoms with Crippen LogP contribution in [0.1, 0.15) is 11.3 Å². The van der Waals surface area contributed by atoms with Gasteiger partial charge in [-0.05, 0) is 30.4 Å². The smallest absolute Gasteiger partial charge is 0.280 e. The average molecular weight is 270 g/mol. The molecule has 0 saturated heterocycles. The van der Waals surface area contributed by atoms with Crippen LogP contribution in [0.15, 0.2) is 36.5 Å². The van der Waals surface area contributed by atoms with Crippen molar-refractivity contribution in [3.05, 3.63) is 57.9 Å². The number of aromatic nitrogens is 1. The van der Waals surface area contributed by atoms with Crippen molar-refractivity contribution in [2.45, 2.75) is 0 Å². The lowest BCUT2D eigenvalue weighted by Gasteiger charge is -2.00. The Hall–Kier alpha value is -2.89. The number of benzene rings is 1. The number of hydrogen-bond acceptors (Lipinski definition) is 5. The van der Waals surface area contributed by atoms with Gasteiger partial charge in [0.1, 0.15) is 0 Å². The fourth-order valence-corrected chi connectivity index (χ4v) is 1.89. The molecule has 3 rings (SSSR count). The summed E-state index contributed by atoms with van der Waals surface area (Å²) in [5.41, 5.74) is 1.14. The standard InChI is InChI=1S/C14H10N2O4/c17-16(18)12-8-14-13(19-9-20-14)7-10(12)4-5-11-3-1-2-6-15-11/h1-8H,9H2/b5-4+. The lowest BCUT2D eigenvalue weighted by atomic mass is 10.1. The van der Waals surface area contributed by atoms with Gasteiger partial charge < -0.3 is 9.47 Å². The maximum atomic E-state index is 11.1. The molecule has 6 heteroatoms. The maximum absolute atomic E-state index is 11.1. The Labute approximate surface area is 114 Å². The van der Waals surface area contributed by atoms with Crippen molar-refractivity contribution in [2.24, 2.45) is 0 Å². The molecule has 1 aliphatic heterocycles. The molecule has 2 heterocycles. The number of nitrogens with zero attached hydrogens (tertiary/aromatic N) is 2. The normalized spacial score (nSPS) is 12.8. The van der Waals surface area contributed by atoms with Crippen molar-refractivity contribution in [1.29, 1.82) is 0 Å². The zero-order chi connectivity index (χ0) is 13.9. The highest BCUT2D eigenvalue weighted by Gasteiger charge is 2.21. The van der Waals surface area contributed by atoms with E-state index in [9.17, 15) is 10.1 Å². The van der Waals surface area contributed by atoms with Gasteiger partial charge >= 0.3 is 0 Å². The molecule has 0 atom stereocenters. The van der Waals surface area contributed by atoms with Crippen LogP contribution < -0.4 is 9.47 Å². The molecule has 20 heavy (non-hydrogen) atoms. The largest absolute Gasteiger partial charge is 0.454 e. The van der Waals surface area contributed by atoms with Gasteiger partial charge in [0.05, 0.1) is 22.2 Å². The zero-order valence-electron chi connectivity index (χ0n) is 10.4. The molecule has 100 valence electrons. The second-order valence-corrected chi connectivity index (χ2v) is 4.11. The number of nitro benzene ring substituents is 1. The number of hydrogen-bond donors (Lipinski definition) is 0. The van der Waals surface area contributed by atoms with Crippen molar-refractivity contribution >= 4 is 17.8 Å². The SMILES string of the molecule is O=[N+]([O-])c1cc2c(cc1/C=C/c1ccccn1)OCO2. The molecule has 0 amide bonds. The maximum Gasteiger partial charge on any atom is 0.280 e. The minimum Gasteiger partial charge on any atom is -0.454 e. The van der Waals surface area contributed by atoms with Gasteiger partial charge in [-0.15, -0.1) is 0 Å². The van der Waals surface area contributed by atoms with E-state index in [4.69, 9.17) is 9.47 Å². The number of nitro groups is 1. The van der Waals surface area contributed by atoms with Crippen LogP contribution in [0.5, 0.6) is 11.5 Å². The summed E-state index contributed by atoms with van der Waals surface area (Å²) < 4.78 is 10.4. The van der Waals surface area contributed by atoms with E-state index in [1.54, 1.807) is 30.5 Å². The van der Waals surface area contributed by atoms with Gasteiger partial charge in [0.15, 0.2) is 11.5 Å². The zero-order valence-corrected chi connectivity index (χ0v) is 10.4. The molecule has 0 N–H and O–H groups in total. The second kappa shape index (κ2) is 5.00. The van der Waals surface area contributed by atoms with Gasteiger partial charge in [0, 0.05) is 6.20 Å². The summed E-state index contributed by atoms with van der Waals surface area (Å²) in [6, 6.07) is 8.44. The first-order valence-electron chi connectivity index (χ1n) is 5.91. The summed E-state index contributed by atoms with van der Waals surface area (Å²) in [5, 5.41) is 11.1. The van der Waals surface area contributed by atoms with Crippen LogP contribution in [0.3, 0.4) is 0 Å². The van der Waals surface area contributed by atoms with Crippen molar-refractivity contribution in [2.75, 3.05) is 6.79 Å². The molecule has 2 aromatic rings. The highest BCUT2D eigenvalue weighted by Crippen LogP contribution is 2.38. The average Bonchev–Trinajstić information content (AvgIpc) is 2.92. The van der Waals surface area contributed by atoms with Crippen LogP contribution in [0.2, 0.25) is 0 Å². The molecule has 1 aromatic heterocycles. The monoisotopic (exact) mass is 270 g/mol. The van der Waals surface area contributed by atoms with Gasteiger partial charge in [0.25, 0.3) is 5.69 Å². The summed E-state index contributed by atoms with van der Waals surface area (Å²) in [4.78, 5) is 14.8. The van der Waals surface area contributed by atoms with Gasteiger partial charge in [-0.3, -0.25) is 15.1 Å². The van der Waals surface area contributed by atoms with E-state index in [1.165, 1.54) is 6.07 Å². The van der Waals surface area contributed by atoms with Crippen LogP contribution in [-0.4, -0.2) is 16.7 Å². The Morgan fingerprint density at radius 3 is 2.70 bits per heavy atom. The van der Waals surface area contributed by atoms with Crippen molar-refractivity contribution in [3.63, 3.8) is 0 Å². The van der Waals surface area contributed by atoms with Gasteiger partial charge in [-0.25, -0.2) is 0 Å². The Morgan fingerprint density at radius 2 is 2.00 bits per heavy atom. The van der Waals surface area contributed by atoms with Crippen molar-refractivity contribution in [1.82, 2.24) is 4.98 Å². The van der Waals surface area contributed by atoms with E-state index in [-0.39, 0.29) is 12.5 Å². The van der Waals surface area contributed by atoms with Gasteiger partial charge in [-0.1, -0.05) is 6.07 Å². The molecule has 0 unspecified atom stereocenters. The summed E-state index contributed by atoms with van der Waals surface area (Å²) in [5.74, 6) is 0.906. The second-order valence-electron chi connectivity index (χ2n) is 4.11. The quantitative estimate of drug-likeness (QED) is 0.633. The molecule has 6 nitrogen and oxygen atoms in total. The minimum absolute atomic E-state index is 0.0265. The third-order valence-corrected chi connectivity index (χ3v) is 2.84. The van der Waals surface area contributed by atoms with E-state index in [1.807, 2.05) is 12.1 Å². The predicted molar refractivity (Wildman–Crippen MR) is 72.4 cm³/mol. The molecule has 0 bridgehead atoms. The number of fused-ring (bicyclic) bond motifs is 1. The molecule has 0 radical (unpaired) electrons. The predicted octanol–water partition coefficient (Wildman–Crippen LogP) is 2.89. The Morgan fingerprint density at radius 1 is 1.20 bits per heavy atom. The molecule has 0 saturated carbocycles. The molecule has 0 fully saturated rings. The van der Waals surface area contributed by atoms with E-state index in [0.29, 0.717) is 17.1 Å². The number of ether oxygens (including phenoxy) is 2. The van der Waals surface area contributed by atoms with Crippen LogP contribution in [0, 0.1) is 10.1 Å². The fourth-order valence-electron chi connectivity index (χ4n) is 1.89. The summed E-state index contributed by atoms with van der Waals surface area (Å²) in [6.07, 6.45) is 5.01. The van der Waals surface area contributed by atoms with Crippen LogP contribution >= 0.6 is 0 Å². The topological polar surface area (TPSA) is 74.5 Å². The van der Waals surface area contributed by atoms with Crippen molar-refractivity contribution in [3.8, 4) is 11.5 Å². The molecule has 0 aliphatic carbocycles. The molecule has 1 aliphatic rings. The van der Waals surface area contributed by atoms with E-state index in [2.05, 4.69) is 4.98 Å². The van der Waals surface area contributed by atoms with Crippen LogP contribution in [0.25, 0.3) is 12.2 Å².